The largest absolute Gasteiger partial charge is 0.478 e. The van der Waals surface area contributed by atoms with Crippen LogP contribution in [0.25, 0.3) is 0 Å². The number of nitrogens with zero attached hydrogens (tertiary/aromatic N) is 2. The van der Waals surface area contributed by atoms with Crippen LogP contribution in [0.1, 0.15) is 75.4 Å². The number of likely N-dealkylation sites (tertiary alicyclic amines) is 1. The first kappa shape index (κ1) is 32.7. The molecule has 2 aromatic carbocycles. The molecule has 226 valence electrons. The van der Waals surface area contributed by atoms with Gasteiger partial charge in [-0.2, -0.15) is 0 Å². The number of rotatable bonds is 12. The molecule has 3 atom stereocenters. The average Bonchev–Trinajstić information content (AvgIpc) is 2.98. The highest BCUT2D eigenvalue weighted by Crippen LogP contribution is 2.21. The van der Waals surface area contributed by atoms with Gasteiger partial charge in [-0.3, -0.25) is 19.3 Å². The van der Waals surface area contributed by atoms with Crippen LogP contribution in [0.15, 0.2) is 66.2 Å². The number of nitrogens with one attached hydrogen (secondary N) is 1. The Balaban J connectivity index is 1.89. The number of carbonyl (C=O) groups is 4. The van der Waals surface area contributed by atoms with E-state index in [1.54, 1.807) is 37.4 Å². The second kappa shape index (κ2) is 14.9. The molecule has 0 aliphatic carbocycles. The molecule has 2 amide bonds. The van der Waals surface area contributed by atoms with E-state index in [2.05, 4.69) is 24.1 Å². The predicted molar refractivity (Wildman–Crippen MR) is 164 cm³/mol. The lowest BCUT2D eigenvalue weighted by atomic mass is 9.96. The first-order valence-electron chi connectivity index (χ1n) is 14.8. The van der Waals surface area contributed by atoms with Gasteiger partial charge in [-0.05, 0) is 51.6 Å². The van der Waals surface area contributed by atoms with Crippen molar-refractivity contribution in [3.8, 4) is 0 Å². The lowest BCUT2D eigenvalue weighted by Gasteiger charge is -2.38. The van der Waals surface area contributed by atoms with E-state index in [-0.39, 0.29) is 47.6 Å². The van der Waals surface area contributed by atoms with Crippen LogP contribution < -0.4 is 5.32 Å². The fourth-order valence-electron chi connectivity index (χ4n) is 5.58. The van der Waals surface area contributed by atoms with Gasteiger partial charge >= 0.3 is 5.97 Å². The van der Waals surface area contributed by atoms with Gasteiger partial charge in [0.2, 0.25) is 11.8 Å². The topological polar surface area (TPSA) is 107 Å². The summed E-state index contributed by atoms with van der Waals surface area (Å²) in [5, 5.41) is 12.5. The van der Waals surface area contributed by atoms with Gasteiger partial charge in [0, 0.05) is 36.2 Å². The van der Waals surface area contributed by atoms with E-state index >= 15 is 0 Å². The normalized spacial score (nSPS) is 17.5. The van der Waals surface area contributed by atoms with Gasteiger partial charge in [0.1, 0.15) is 6.04 Å². The molecule has 1 aliphatic rings. The van der Waals surface area contributed by atoms with Crippen molar-refractivity contribution >= 4 is 23.6 Å². The molecular weight excluding hydrogens is 530 g/mol. The highest BCUT2D eigenvalue weighted by atomic mass is 16.4. The number of amides is 2. The minimum Gasteiger partial charge on any atom is -0.478 e. The van der Waals surface area contributed by atoms with E-state index in [9.17, 15) is 24.3 Å². The highest BCUT2D eigenvalue weighted by molar-refractivity contribution is 6.09. The Kier molecular flexibility index (Phi) is 11.6. The maximum absolute atomic E-state index is 14.0. The summed E-state index contributed by atoms with van der Waals surface area (Å²) in [6.45, 7) is 10.4. The van der Waals surface area contributed by atoms with Gasteiger partial charge < -0.3 is 15.3 Å². The number of carboxylic acids is 1. The van der Waals surface area contributed by atoms with E-state index in [0.717, 1.165) is 31.4 Å². The van der Waals surface area contributed by atoms with Crippen molar-refractivity contribution in [2.45, 2.75) is 84.5 Å². The Labute approximate surface area is 249 Å². The predicted octanol–water partition coefficient (Wildman–Crippen LogP) is 4.72. The van der Waals surface area contributed by atoms with Crippen LogP contribution in [0.2, 0.25) is 0 Å². The number of carboxylic acid groups (broad SMARTS) is 1. The third-order valence-corrected chi connectivity index (χ3v) is 8.05. The first-order valence-corrected chi connectivity index (χ1v) is 14.8. The zero-order valence-electron chi connectivity index (χ0n) is 25.7. The second-order valence-electron chi connectivity index (χ2n) is 11.8. The van der Waals surface area contributed by atoms with Crippen molar-refractivity contribution < 1.29 is 24.3 Å². The Morgan fingerprint density at radius 3 is 2.17 bits per heavy atom. The summed E-state index contributed by atoms with van der Waals surface area (Å²) in [5.41, 5.74) is 2.09. The number of benzene rings is 2. The monoisotopic (exact) mass is 575 g/mol. The quantitative estimate of drug-likeness (QED) is 0.280. The number of hydrogen-bond donors (Lipinski definition) is 2. The van der Waals surface area contributed by atoms with Crippen LogP contribution in [0.4, 0.5) is 0 Å². The van der Waals surface area contributed by atoms with E-state index in [4.69, 9.17) is 0 Å². The van der Waals surface area contributed by atoms with Crippen molar-refractivity contribution in [1.82, 2.24) is 15.1 Å². The summed E-state index contributed by atoms with van der Waals surface area (Å²) in [6.07, 6.45) is 4.54. The summed E-state index contributed by atoms with van der Waals surface area (Å²) in [5.74, 6) is -1.66. The van der Waals surface area contributed by atoms with Gasteiger partial charge in [-0.1, -0.05) is 80.9 Å². The SMILES string of the molecule is C/C(=C\[C@H](C(C)C)N(C)C(=O)[C@H](Cc1ccc(C(=O)c2ccccc2)cc1)NC(=O)C1CCCCN1C(C)C)C(=O)O. The van der Waals surface area contributed by atoms with Crippen LogP contribution in [-0.4, -0.2) is 76.2 Å². The Morgan fingerprint density at radius 1 is 0.976 bits per heavy atom. The molecule has 3 rings (SSSR count). The molecule has 0 spiro atoms. The molecule has 2 N–H and O–H groups in total. The van der Waals surface area contributed by atoms with Gasteiger partial charge in [-0.25, -0.2) is 4.79 Å². The van der Waals surface area contributed by atoms with Crippen LogP contribution >= 0.6 is 0 Å². The summed E-state index contributed by atoms with van der Waals surface area (Å²) >= 11 is 0. The molecule has 1 aliphatic heterocycles. The molecule has 0 bridgehead atoms. The summed E-state index contributed by atoms with van der Waals surface area (Å²) in [4.78, 5) is 55.8. The van der Waals surface area contributed by atoms with E-state index in [0.29, 0.717) is 11.1 Å². The Hall–Kier alpha value is -3.78. The average molecular weight is 576 g/mol. The summed E-state index contributed by atoms with van der Waals surface area (Å²) < 4.78 is 0. The van der Waals surface area contributed by atoms with Crippen LogP contribution in [0.5, 0.6) is 0 Å². The minimum atomic E-state index is -1.04. The molecule has 2 aromatic rings. The smallest absolute Gasteiger partial charge is 0.331 e. The minimum absolute atomic E-state index is 0.0531. The van der Waals surface area contributed by atoms with Crippen molar-refractivity contribution in [3.63, 3.8) is 0 Å². The summed E-state index contributed by atoms with van der Waals surface area (Å²) in [7, 11) is 1.65. The van der Waals surface area contributed by atoms with Crippen LogP contribution in [0.3, 0.4) is 0 Å². The molecule has 1 saturated heterocycles. The highest BCUT2D eigenvalue weighted by Gasteiger charge is 2.35. The standard InChI is InChI=1S/C34H45N3O5/c1-22(2)30(20-24(5)34(41)42)36(6)33(40)28(35-32(39)29-14-10-11-19-37(29)23(3)4)21-25-15-17-27(18-16-25)31(38)26-12-8-7-9-13-26/h7-9,12-13,15-18,20,22-23,28-30H,10-11,14,19,21H2,1-6H3,(H,35,39)(H,41,42)/b24-20+/t28-,29?,30+/m0/s1. The van der Waals surface area contributed by atoms with Crippen molar-refractivity contribution in [3.05, 3.63) is 82.9 Å². The van der Waals surface area contributed by atoms with Crippen molar-refractivity contribution in [2.24, 2.45) is 5.92 Å². The third kappa shape index (κ3) is 8.38. The number of carbonyl (C=O) groups excluding carboxylic acids is 3. The molecule has 0 saturated carbocycles. The number of ketones is 1. The zero-order chi connectivity index (χ0) is 31.0. The fraction of sp³-hybridized carbons (Fsp3) is 0.471. The third-order valence-electron chi connectivity index (χ3n) is 8.05. The van der Waals surface area contributed by atoms with Crippen LogP contribution in [0, 0.1) is 5.92 Å². The number of hydrogen-bond acceptors (Lipinski definition) is 5. The lowest BCUT2D eigenvalue weighted by Crippen LogP contribution is -2.58. The van der Waals surface area contributed by atoms with Crippen molar-refractivity contribution in [1.29, 1.82) is 0 Å². The Morgan fingerprint density at radius 2 is 1.60 bits per heavy atom. The van der Waals surface area contributed by atoms with Gasteiger partial charge in [0.25, 0.3) is 0 Å². The summed E-state index contributed by atoms with van der Waals surface area (Å²) in [6, 6.07) is 14.7. The molecule has 1 unspecified atom stereocenters. The molecule has 8 heteroatoms. The van der Waals surface area contributed by atoms with Crippen LogP contribution in [-0.2, 0) is 20.8 Å². The van der Waals surface area contributed by atoms with Gasteiger partial charge in [0.05, 0.1) is 12.1 Å². The van der Waals surface area contributed by atoms with E-state index in [1.807, 2.05) is 44.2 Å². The molecule has 42 heavy (non-hydrogen) atoms. The molecule has 0 radical (unpaired) electrons. The first-order chi connectivity index (χ1) is 19.9. The maximum Gasteiger partial charge on any atom is 0.331 e. The van der Waals surface area contributed by atoms with Gasteiger partial charge in [-0.15, -0.1) is 0 Å². The molecular formula is C34H45N3O5. The number of piperidine rings is 1. The Bertz CT molecular complexity index is 1270. The van der Waals surface area contributed by atoms with Crippen molar-refractivity contribution in [2.75, 3.05) is 13.6 Å². The lowest BCUT2D eigenvalue weighted by molar-refractivity contribution is -0.139. The second-order valence-corrected chi connectivity index (χ2v) is 11.8. The zero-order valence-corrected chi connectivity index (χ0v) is 25.7. The molecule has 1 heterocycles. The molecule has 1 fully saturated rings. The number of likely N-dealkylation sites (N-methyl/N-ethyl adjacent to an activating group) is 1. The maximum atomic E-state index is 14.0. The molecule has 8 nitrogen and oxygen atoms in total. The van der Waals surface area contributed by atoms with Gasteiger partial charge in [0.15, 0.2) is 5.78 Å². The van der Waals surface area contributed by atoms with E-state index in [1.165, 1.54) is 11.8 Å². The molecule has 0 aromatic heterocycles. The number of aliphatic carboxylic acids is 1. The fourth-order valence-corrected chi connectivity index (χ4v) is 5.58. The van der Waals surface area contributed by atoms with E-state index < -0.39 is 18.1 Å².